The molecule has 1 aromatic heterocycles. The predicted octanol–water partition coefficient (Wildman–Crippen LogP) is 4.00. The van der Waals surface area contributed by atoms with E-state index in [2.05, 4.69) is 17.6 Å². The van der Waals surface area contributed by atoms with Crippen molar-refractivity contribution in [1.82, 2.24) is 10.3 Å². The third-order valence-corrected chi connectivity index (χ3v) is 10.3. The average molecular weight is 512 g/mol. The minimum atomic E-state index is -0.664. The molecule has 2 saturated carbocycles. The number of hydrogen-bond donors (Lipinski definition) is 4. The van der Waals surface area contributed by atoms with Gasteiger partial charge in [0.05, 0.1) is 18.4 Å². The van der Waals surface area contributed by atoms with E-state index >= 15 is 0 Å². The zero-order valence-electron chi connectivity index (χ0n) is 21.1. The molecule has 2 amide bonds. The number of amides is 2. The number of aromatic nitrogens is 1. The highest BCUT2D eigenvalue weighted by atomic mass is 32.1. The van der Waals surface area contributed by atoms with Gasteiger partial charge in [-0.2, -0.15) is 0 Å². The van der Waals surface area contributed by atoms with Crippen molar-refractivity contribution >= 4 is 28.3 Å². The number of hydrogen-bond acceptors (Lipinski definition) is 6. The van der Waals surface area contributed by atoms with Crippen LogP contribution in [0.25, 0.3) is 0 Å². The van der Waals surface area contributed by atoms with Gasteiger partial charge in [-0.05, 0) is 49.0 Å². The lowest BCUT2D eigenvalue weighted by molar-refractivity contribution is -0.144. The van der Waals surface area contributed by atoms with Crippen molar-refractivity contribution in [2.75, 3.05) is 11.9 Å². The molecular weight excluding hydrogens is 474 g/mol. The molecule has 36 heavy (non-hydrogen) atoms. The molecule has 8 heteroatoms. The lowest BCUT2D eigenvalue weighted by Crippen LogP contribution is -2.57. The molecule has 1 aromatic carbocycles. The Balaban J connectivity index is 1.43. The number of fused-ring (bicyclic) bond motifs is 2. The first-order valence-electron chi connectivity index (χ1n) is 13.1. The van der Waals surface area contributed by atoms with Gasteiger partial charge >= 0.3 is 0 Å². The number of thiazole rings is 1. The number of aliphatic hydroxyl groups is 2. The maximum Gasteiger partial charge on any atom is 0.229 e. The number of carbonyl (C=O) groups excluding carboxylic acids is 2. The summed E-state index contributed by atoms with van der Waals surface area (Å²) in [4.78, 5) is 31.8. The minimum Gasteiger partial charge on any atom is -0.396 e. The fourth-order valence-corrected chi connectivity index (χ4v) is 7.70. The Hall–Kier alpha value is -2.29. The lowest BCUT2D eigenvalue weighted by Gasteiger charge is -2.58. The number of aliphatic hydroxyl groups excluding tert-OH is 2. The topological polar surface area (TPSA) is 112 Å². The van der Waals surface area contributed by atoms with Crippen LogP contribution in [-0.2, 0) is 22.6 Å². The number of rotatable bonds is 7. The van der Waals surface area contributed by atoms with Crippen LogP contribution in [0.5, 0.6) is 0 Å². The Bertz CT molecular complexity index is 1120. The highest BCUT2D eigenvalue weighted by Gasteiger charge is 2.59. The van der Waals surface area contributed by atoms with Crippen LogP contribution in [0.3, 0.4) is 0 Å². The van der Waals surface area contributed by atoms with Crippen molar-refractivity contribution in [2.45, 2.75) is 77.4 Å². The molecule has 0 aliphatic heterocycles. The van der Waals surface area contributed by atoms with Gasteiger partial charge < -0.3 is 20.8 Å². The van der Waals surface area contributed by atoms with Crippen LogP contribution in [0.2, 0.25) is 0 Å². The van der Waals surface area contributed by atoms with E-state index < -0.39 is 11.5 Å². The first kappa shape index (κ1) is 25.4. The largest absolute Gasteiger partial charge is 0.396 e. The molecule has 0 saturated heterocycles. The summed E-state index contributed by atoms with van der Waals surface area (Å²) in [6.07, 6.45) is 4.64. The Morgan fingerprint density at radius 1 is 1.17 bits per heavy atom. The number of carbonyl (C=O) groups is 2. The molecule has 2 aromatic rings. The second kappa shape index (κ2) is 9.88. The zero-order chi connectivity index (χ0) is 25.5. The maximum atomic E-state index is 13.2. The molecule has 5 rings (SSSR count). The molecule has 7 nitrogen and oxygen atoms in total. The van der Waals surface area contributed by atoms with Crippen LogP contribution in [0.15, 0.2) is 30.3 Å². The minimum absolute atomic E-state index is 0.00573. The SMILES string of the molecule is CC1(CO)C(O)CCC2(C)C(CC(=O)NCc3ccccc3)c3nc(NC(=O)C4CCC4)sc3CC12. The Kier molecular flexibility index (Phi) is 6.96. The van der Waals surface area contributed by atoms with Gasteiger partial charge in [-0.25, -0.2) is 4.98 Å². The zero-order valence-corrected chi connectivity index (χ0v) is 21.9. The van der Waals surface area contributed by atoms with Crippen LogP contribution < -0.4 is 10.6 Å². The average Bonchev–Trinajstić information content (AvgIpc) is 3.23. The summed E-state index contributed by atoms with van der Waals surface area (Å²) in [6.45, 7) is 4.52. The first-order valence-corrected chi connectivity index (χ1v) is 14.0. The summed E-state index contributed by atoms with van der Waals surface area (Å²) in [5.41, 5.74) is 0.969. The van der Waals surface area contributed by atoms with E-state index in [1.54, 1.807) is 0 Å². The third kappa shape index (κ3) is 4.48. The van der Waals surface area contributed by atoms with E-state index in [4.69, 9.17) is 4.98 Å². The summed E-state index contributed by atoms with van der Waals surface area (Å²) < 4.78 is 0. The van der Waals surface area contributed by atoms with Crippen LogP contribution in [0, 0.1) is 22.7 Å². The number of nitrogens with one attached hydrogen (secondary N) is 2. The molecule has 5 unspecified atom stereocenters. The Morgan fingerprint density at radius 2 is 1.92 bits per heavy atom. The predicted molar refractivity (Wildman–Crippen MR) is 139 cm³/mol. The molecule has 0 bridgehead atoms. The fraction of sp³-hybridized carbons (Fsp3) is 0.607. The fourth-order valence-electron chi connectivity index (χ4n) is 6.63. The quantitative estimate of drug-likeness (QED) is 0.449. The van der Waals surface area contributed by atoms with Gasteiger partial charge in [-0.1, -0.05) is 50.6 Å². The van der Waals surface area contributed by atoms with E-state index in [1.165, 1.54) is 11.3 Å². The van der Waals surface area contributed by atoms with E-state index in [-0.39, 0.29) is 48.0 Å². The molecule has 1 heterocycles. The van der Waals surface area contributed by atoms with Gasteiger partial charge in [-0.15, -0.1) is 11.3 Å². The van der Waals surface area contributed by atoms with Crippen molar-refractivity contribution in [3.8, 4) is 0 Å². The highest BCUT2D eigenvalue weighted by molar-refractivity contribution is 7.15. The first-order chi connectivity index (χ1) is 17.2. The van der Waals surface area contributed by atoms with Gasteiger partial charge in [0.25, 0.3) is 0 Å². The number of nitrogens with zero attached hydrogens (tertiary/aromatic N) is 1. The maximum absolute atomic E-state index is 13.2. The Morgan fingerprint density at radius 3 is 2.58 bits per heavy atom. The second-order valence-corrected chi connectivity index (χ2v) is 12.5. The van der Waals surface area contributed by atoms with Crippen LogP contribution in [-0.4, -0.2) is 39.7 Å². The van der Waals surface area contributed by atoms with Crippen molar-refractivity contribution in [1.29, 1.82) is 0 Å². The van der Waals surface area contributed by atoms with E-state index in [1.807, 2.05) is 37.3 Å². The normalized spacial score (nSPS) is 31.6. The molecule has 0 radical (unpaired) electrons. The molecule has 4 N–H and O–H groups in total. The standard InChI is InChI=1S/C28H37N3O4S/c1-27-12-11-22(33)28(2,16-32)21(27)14-20-24(30-26(36-20)31-25(35)18-9-6-10-18)19(27)13-23(34)29-15-17-7-4-3-5-8-17/h3-5,7-8,18-19,21-22,32-33H,6,9-16H2,1-2H3,(H,29,34)(H,30,31,35). The highest BCUT2D eigenvalue weighted by Crippen LogP contribution is 2.62. The second-order valence-electron chi connectivity index (χ2n) is 11.4. The summed E-state index contributed by atoms with van der Waals surface area (Å²) >= 11 is 1.49. The third-order valence-electron chi connectivity index (χ3n) is 9.32. The van der Waals surface area contributed by atoms with Crippen LogP contribution in [0.1, 0.15) is 74.4 Å². The summed E-state index contributed by atoms with van der Waals surface area (Å²) in [7, 11) is 0. The summed E-state index contributed by atoms with van der Waals surface area (Å²) in [5.74, 6) is -0.108. The molecule has 2 fully saturated rings. The monoisotopic (exact) mass is 511 g/mol. The number of benzene rings is 1. The van der Waals surface area contributed by atoms with Crippen molar-refractivity contribution in [3.05, 3.63) is 46.5 Å². The van der Waals surface area contributed by atoms with E-state index in [0.717, 1.165) is 41.8 Å². The number of anilines is 1. The van der Waals surface area contributed by atoms with Crippen molar-refractivity contribution in [2.24, 2.45) is 22.7 Å². The molecule has 0 spiro atoms. The van der Waals surface area contributed by atoms with Crippen LogP contribution >= 0.6 is 11.3 Å². The van der Waals surface area contributed by atoms with Crippen molar-refractivity contribution < 1.29 is 19.8 Å². The molecule has 3 aliphatic rings. The van der Waals surface area contributed by atoms with Gasteiger partial charge in [0.15, 0.2) is 5.13 Å². The van der Waals surface area contributed by atoms with Gasteiger partial charge in [-0.3, -0.25) is 9.59 Å². The van der Waals surface area contributed by atoms with Gasteiger partial charge in [0, 0.05) is 35.1 Å². The molecule has 3 aliphatic carbocycles. The van der Waals surface area contributed by atoms with E-state index in [9.17, 15) is 19.8 Å². The van der Waals surface area contributed by atoms with Crippen LogP contribution in [0.4, 0.5) is 5.13 Å². The summed E-state index contributed by atoms with van der Waals surface area (Å²) in [6, 6.07) is 9.85. The van der Waals surface area contributed by atoms with Gasteiger partial charge in [0.1, 0.15) is 0 Å². The molecule has 194 valence electrons. The smallest absolute Gasteiger partial charge is 0.229 e. The lowest BCUT2D eigenvalue weighted by atomic mass is 9.47. The van der Waals surface area contributed by atoms with Crippen molar-refractivity contribution in [3.63, 3.8) is 0 Å². The Labute approximate surface area is 216 Å². The van der Waals surface area contributed by atoms with E-state index in [0.29, 0.717) is 24.5 Å². The molecule has 5 atom stereocenters. The van der Waals surface area contributed by atoms with Gasteiger partial charge in [0.2, 0.25) is 11.8 Å². The summed E-state index contributed by atoms with van der Waals surface area (Å²) in [5, 5.41) is 28.0. The molecular formula is C28H37N3O4S.